The molecule has 2 nitrogen and oxygen atoms in total. The van der Waals surface area contributed by atoms with Gasteiger partial charge in [-0.3, -0.25) is 0 Å². The van der Waals surface area contributed by atoms with Gasteiger partial charge in [-0.15, -0.1) is 0 Å². The van der Waals surface area contributed by atoms with Crippen LogP contribution in [0.4, 0.5) is 0 Å². The summed E-state index contributed by atoms with van der Waals surface area (Å²) in [5.41, 5.74) is 3.12. The Bertz CT molecular complexity index is 1200. The van der Waals surface area contributed by atoms with E-state index in [4.69, 9.17) is 0 Å². The van der Waals surface area contributed by atoms with Gasteiger partial charge < -0.3 is 5.11 Å². The van der Waals surface area contributed by atoms with Crippen LogP contribution in [0.1, 0.15) is 145 Å². The molecule has 1 N–H and O–H groups in total. The van der Waals surface area contributed by atoms with Gasteiger partial charge in [-0.2, -0.15) is 0 Å². The number of hydrogen-bond acceptors (Lipinski definition) is 1. The van der Waals surface area contributed by atoms with Gasteiger partial charge in [0.05, 0.1) is 0 Å². The standard InChI is InChI=1S/C21H32O2.C20H32/c1-13-11-21-10-8-16-19(2,3)15(18(22)23)7-9-20(16,4)17(21)6-5-14(13)12-21;1-14-12-20-11-8-16-18(2,3)9-5-10-19(16,4)17(20)7-6-15(14)13-20/h7,13-14,16-17H,5-6,8-12H2,1-4H3,(H,22,23);5,9,14-17H,6-8,10-13H2,1-4H3/t13-,14-,16+,17-,20+,21+;14-,15-,16+,17-,19+,20+/m11/s1. The molecule has 12 atom stereocenters. The summed E-state index contributed by atoms with van der Waals surface area (Å²) in [4.78, 5) is 11.7. The molecule has 43 heavy (non-hydrogen) atoms. The van der Waals surface area contributed by atoms with Crippen LogP contribution in [0.3, 0.4) is 0 Å². The van der Waals surface area contributed by atoms with Crippen molar-refractivity contribution in [3.8, 4) is 0 Å². The number of rotatable bonds is 1. The first kappa shape index (κ1) is 30.6. The minimum atomic E-state index is -0.699. The Labute approximate surface area is 264 Å². The summed E-state index contributed by atoms with van der Waals surface area (Å²) in [5, 5.41) is 9.65. The van der Waals surface area contributed by atoms with Gasteiger partial charge in [-0.1, -0.05) is 73.6 Å². The fourth-order valence-corrected chi connectivity index (χ4v) is 15.6. The second-order valence-electron chi connectivity index (χ2n) is 19.7. The molecule has 2 spiro atoms. The number of carboxylic acids is 1. The first-order chi connectivity index (χ1) is 20.1. The first-order valence-electron chi connectivity index (χ1n) is 18.7. The van der Waals surface area contributed by atoms with E-state index in [1.165, 1.54) is 70.6 Å². The summed E-state index contributed by atoms with van der Waals surface area (Å²) in [6.07, 6.45) is 26.9. The monoisotopic (exact) mass is 588 g/mol. The van der Waals surface area contributed by atoms with Gasteiger partial charge in [-0.05, 0) is 170 Å². The van der Waals surface area contributed by atoms with Crippen molar-refractivity contribution in [1.29, 1.82) is 0 Å². The molecule has 0 aromatic carbocycles. The van der Waals surface area contributed by atoms with E-state index in [0.717, 1.165) is 53.3 Å². The summed E-state index contributed by atoms with van der Waals surface area (Å²) < 4.78 is 0. The molecule has 0 radical (unpaired) electrons. The maximum atomic E-state index is 11.7. The predicted octanol–water partition coefficient (Wildman–Crippen LogP) is 11.1. The lowest BCUT2D eigenvalue weighted by atomic mass is 9.41. The third kappa shape index (κ3) is 4.25. The van der Waals surface area contributed by atoms with Crippen molar-refractivity contribution >= 4 is 5.97 Å². The van der Waals surface area contributed by atoms with Crippen LogP contribution < -0.4 is 0 Å². The lowest BCUT2D eigenvalue weighted by molar-refractivity contribution is -0.141. The Hall–Kier alpha value is -1.05. The van der Waals surface area contributed by atoms with E-state index >= 15 is 0 Å². The Balaban J connectivity index is 0.000000141. The number of aliphatic carboxylic acids is 1. The molecule has 0 heterocycles. The molecule has 8 aliphatic carbocycles. The lowest BCUT2D eigenvalue weighted by Gasteiger charge is -2.63. The predicted molar refractivity (Wildman–Crippen MR) is 177 cm³/mol. The van der Waals surface area contributed by atoms with Crippen LogP contribution >= 0.6 is 0 Å². The van der Waals surface area contributed by atoms with E-state index < -0.39 is 5.97 Å². The SMILES string of the molecule is C[C@@H]1C[C@]23CC[C@H]4C(C)(C)C(C(=O)O)=CC[C@]4(C)[C@H]2CC[C@@H]1C3.C[C@@H]1C[C@]23CC[C@H]4C(C)(C)C=CC[C@]4(C)[C@H]2CC[C@@H]1C3. The molecule has 240 valence electrons. The van der Waals surface area contributed by atoms with Gasteiger partial charge >= 0.3 is 5.97 Å². The second kappa shape index (κ2) is 9.73. The molecule has 0 amide bonds. The molecule has 0 aromatic heterocycles. The zero-order chi connectivity index (χ0) is 30.8. The summed E-state index contributed by atoms with van der Waals surface area (Å²) in [7, 11) is 0. The summed E-state index contributed by atoms with van der Waals surface area (Å²) in [6, 6.07) is 0. The zero-order valence-corrected chi connectivity index (χ0v) is 29.1. The third-order valence-electron chi connectivity index (χ3n) is 17.1. The van der Waals surface area contributed by atoms with Gasteiger partial charge in [0.2, 0.25) is 0 Å². The summed E-state index contributed by atoms with van der Waals surface area (Å²) in [6.45, 7) is 19.6. The molecule has 0 aliphatic heterocycles. The molecule has 0 aromatic rings. The highest BCUT2D eigenvalue weighted by atomic mass is 16.4. The van der Waals surface area contributed by atoms with Crippen LogP contribution in [0.2, 0.25) is 0 Å². The molecule has 6 fully saturated rings. The van der Waals surface area contributed by atoms with Crippen LogP contribution in [-0.2, 0) is 4.79 Å². The molecule has 8 aliphatic rings. The van der Waals surface area contributed by atoms with Crippen LogP contribution in [0.15, 0.2) is 23.8 Å². The van der Waals surface area contributed by atoms with Gasteiger partial charge in [0.25, 0.3) is 0 Å². The van der Waals surface area contributed by atoms with Crippen molar-refractivity contribution in [1.82, 2.24) is 0 Å². The van der Waals surface area contributed by atoms with E-state index in [1.807, 2.05) is 0 Å². The smallest absolute Gasteiger partial charge is 0.331 e. The van der Waals surface area contributed by atoms with Crippen molar-refractivity contribution in [2.45, 2.75) is 145 Å². The van der Waals surface area contributed by atoms with Crippen molar-refractivity contribution in [3.05, 3.63) is 23.8 Å². The van der Waals surface area contributed by atoms with Gasteiger partial charge in [0.15, 0.2) is 0 Å². The number of carbonyl (C=O) groups is 1. The van der Waals surface area contributed by atoms with E-state index in [1.54, 1.807) is 12.8 Å². The Morgan fingerprint density at radius 2 is 1.19 bits per heavy atom. The minimum Gasteiger partial charge on any atom is -0.478 e. The van der Waals surface area contributed by atoms with E-state index in [9.17, 15) is 9.90 Å². The van der Waals surface area contributed by atoms with Crippen molar-refractivity contribution in [2.75, 3.05) is 0 Å². The topological polar surface area (TPSA) is 37.3 Å². The average Bonchev–Trinajstić information content (AvgIpc) is 3.28. The van der Waals surface area contributed by atoms with Crippen molar-refractivity contribution < 1.29 is 9.90 Å². The quantitative estimate of drug-likeness (QED) is 0.309. The maximum Gasteiger partial charge on any atom is 0.331 e. The average molecular weight is 589 g/mol. The molecule has 0 unspecified atom stereocenters. The van der Waals surface area contributed by atoms with Crippen molar-refractivity contribution in [3.63, 3.8) is 0 Å². The van der Waals surface area contributed by atoms with Gasteiger partial charge in [0.1, 0.15) is 0 Å². The third-order valence-corrected chi connectivity index (χ3v) is 17.1. The summed E-state index contributed by atoms with van der Waals surface area (Å²) >= 11 is 0. The van der Waals surface area contributed by atoms with Crippen LogP contribution in [-0.4, -0.2) is 11.1 Å². The van der Waals surface area contributed by atoms with E-state index in [2.05, 4.69) is 73.6 Å². The van der Waals surface area contributed by atoms with E-state index in [0.29, 0.717) is 33.2 Å². The van der Waals surface area contributed by atoms with Gasteiger partial charge in [-0.25, -0.2) is 4.79 Å². The minimum absolute atomic E-state index is 0.193. The highest BCUT2D eigenvalue weighted by Crippen LogP contribution is 2.73. The fourth-order valence-electron chi connectivity index (χ4n) is 15.6. The number of hydrogen-bond donors (Lipinski definition) is 1. The number of carboxylic acid groups (broad SMARTS) is 1. The zero-order valence-electron chi connectivity index (χ0n) is 29.1. The Morgan fingerprint density at radius 3 is 1.72 bits per heavy atom. The lowest BCUT2D eigenvalue weighted by Crippen LogP contribution is -2.56. The van der Waals surface area contributed by atoms with Crippen LogP contribution in [0.5, 0.6) is 0 Å². The highest BCUT2D eigenvalue weighted by molar-refractivity contribution is 5.88. The molecular weight excluding hydrogens is 524 g/mol. The number of fused-ring (bicyclic) bond motifs is 6. The molecular formula is C41H64O2. The number of allylic oxidation sites excluding steroid dienone is 3. The van der Waals surface area contributed by atoms with Gasteiger partial charge in [0, 0.05) is 5.57 Å². The molecule has 8 rings (SSSR count). The van der Waals surface area contributed by atoms with Crippen LogP contribution in [0, 0.1) is 79.8 Å². The molecule has 6 saturated carbocycles. The fraction of sp³-hybridized carbons (Fsp3) is 0.878. The molecule has 2 heteroatoms. The largest absolute Gasteiger partial charge is 0.478 e. The first-order valence-corrected chi connectivity index (χ1v) is 18.7. The maximum absolute atomic E-state index is 11.7. The summed E-state index contributed by atoms with van der Waals surface area (Å²) in [5.74, 6) is 6.51. The van der Waals surface area contributed by atoms with E-state index in [-0.39, 0.29) is 5.41 Å². The Kier molecular flexibility index (Phi) is 6.92. The normalized spacial score (nSPS) is 53.3. The molecule has 4 bridgehead atoms. The Morgan fingerprint density at radius 1 is 0.674 bits per heavy atom. The highest BCUT2D eigenvalue weighted by Gasteiger charge is 2.65. The second-order valence-corrected chi connectivity index (χ2v) is 19.7. The molecule has 0 saturated heterocycles. The van der Waals surface area contributed by atoms with Crippen molar-refractivity contribution in [2.24, 2.45) is 79.8 Å². The van der Waals surface area contributed by atoms with Crippen LogP contribution in [0.25, 0.3) is 0 Å².